The lowest BCUT2D eigenvalue weighted by molar-refractivity contribution is 0.0420. The third-order valence-electron chi connectivity index (χ3n) is 4.26. The van der Waals surface area contributed by atoms with Crippen LogP contribution in [0.2, 0.25) is 0 Å². The highest BCUT2D eigenvalue weighted by molar-refractivity contribution is 5.54. The van der Waals surface area contributed by atoms with Gasteiger partial charge in [0.2, 0.25) is 5.82 Å². The van der Waals surface area contributed by atoms with Crippen molar-refractivity contribution in [3.05, 3.63) is 23.7 Å². The topological polar surface area (TPSA) is 81.3 Å². The highest BCUT2D eigenvalue weighted by atomic mass is 16.5. The second-order valence-corrected chi connectivity index (χ2v) is 7.12. The van der Waals surface area contributed by atoms with Crippen LogP contribution in [0.15, 0.2) is 16.8 Å². The molecule has 2 heterocycles. The minimum Gasteiger partial charge on any atom is -0.493 e. The Kier molecular flexibility index (Phi) is 3.37. The molecule has 6 nitrogen and oxygen atoms in total. The Morgan fingerprint density at radius 2 is 2.09 bits per heavy atom. The van der Waals surface area contributed by atoms with Crippen LogP contribution in [-0.2, 0) is 5.60 Å². The molecular formula is C17H21N3O3. The van der Waals surface area contributed by atoms with E-state index in [1.807, 2.05) is 12.3 Å². The van der Waals surface area contributed by atoms with Crippen LogP contribution in [0.1, 0.15) is 56.9 Å². The van der Waals surface area contributed by atoms with Crippen LogP contribution in [0.3, 0.4) is 0 Å². The summed E-state index contributed by atoms with van der Waals surface area (Å²) in [5, 5.41) is 13.9. The van der Waals surface area contributed by atoms with Gasteiger partial charge < -0.3 is 14.4 Å². The fourth-order valence-electron chi connectivity index (χ4n) is 2.46. The van der Waals surface area contributed by atoms with E-state index in [1.165, 1.54) is 31.2 Å². The van der Waals surface area contributed by atoms with E-state index >= 15 is 0 Å². The summed E-state index contributed by atoms with van der Waals surface area (Å²) in [6, 6.07) is 1.90. The number of rotatable bonds is 6. The first kappa shape index (κ1) is 14.6. The van der Waals surface area contributed by atoms with Crippen LogP contribution >= 0.6 is 0 Å². The van der Waals surface area contributed by atoms with Gasteiger partial charge in [0.15, 0.2) is 0 Å². The molecule has 0 unspecified atom stereocenters. The fraction of sp³-hybridized carbons (Fsp3) is 0.588. The predicted octanol–water partition coefficient (Wildman–Crippen LogP) is 3.03. The zero-order valence-electron chi connectivity index (χ0n) is 13.5. The van der Waals surface area contributed by atoms with Crippen molar-refractivity contribution in [1.82, 2.24) is 15.1 Å². The highest BCUT2D eigenvalue weighted by Gasteiger charge is 2.30. The predicted molar refractivity (Wildman–Crippen MR) is 83.0 cm³/mol. The highest BCUT2D eigenvalue weighted by Crippen LogP contribution is 2.45. The molecule has 2 aromatic heterocycles. The lowest BCUT2D eigenvalue weighted by Crippen LogP contribution is -2.15. The number of aromatic nitrogens is 3. The second kappa shape index (κ2) is 5.30. The van der Waals surface area contributed by atoms with Crippen molar-refractivity contribution in [2.45, 2.75) is 51.0 Å². The molecule has 4 rings (SSSR count). The van der Waals surface area contributed by atoms with Crippen molar-refractivity contribution in [1.29, 1.82) is 0 Å². The number of pyridine rings is 1. The Balaban J connectivity index is 1.62. The average Bonchev–Trinajstić information content (AvgIpc) is 3.43. The molecule has 0 aliphatic heterocycles. The third-order valence-corrected chi connectivity index (χ3v) is 4.26. The molecule has 122 valence electrons. The van der Waals surface area contributed by atoms with Crippen molar-refractivity contribution < 1.29 is 14.4 Å². The minimum absolute atomic E-state index is 0.181. The third kappa shape index (κ3) is 3.22. The lowest BCUT2D eigenvalue weighted by atomic mass is 10.1. The summed E-state index contributed by atoms with van der Waals surface area (Å²) in [5.41, 5.74) is 0.630. The Labute approximate surface area is 134 Å². The number of aliphatic hydroxyl groups is 1. The molecule has 0 aromatic carbocycles. The molecule has 2 aliphatic carbocycles. The van der Waals surface area contributed by atoms with E-state index in [0.29, 0.717) is 23.4 Å². The van der Waals surface area contributed by atoms with Gasteiger partial charge in [0.1, 0.15) is 17.0 Å². The zero-order chi connectivity index (χ0) is 16.0. The van der Waals surface area contributed by atoms with Gasteiger partial charge in [0.05, 0.1) is 6.61 Å². The van der Waals surface area contributed by atoms with E-state index < -0.39 is 5.60 Å². The number of nitrogens with zero attached hydrogens (tertiary/aromatic N) is 3. The smallest absolute Gasteiger partial charge is 0.258 e. The van der Waals surface area contributed by atoms with Gasteiger partial charge in [0.25, 0.3) is 5.89 Å². The Morgan fingerprint density at radius 1 is 1.30 bits per heavy atom. The van der Waals surface area contributed by atoms with Crippen LogP contribution in [0, 0.1) is 5.92 Å². The number of hydrogen-bond acceptors (Lipinski definition) is 6. The molecule has 2 saturated carbocycles. The van der Waals surface area contributed by atoms with Gasteiger partial charge >= 0.3 is 0 Å². The van der Waals surface area contributed by atoms with Crippen LogP contribution in [0.4, 0.5) is 0 Å². The fourth-order valence-corrected chi connectivity index (χ4v) is 2.46. The van der Waals surface area contributed by atoms with Crippen LogP contribution in [-0.4, -0.2) is 26.8 Å². The van der Waals surface area contributed by atoms with Crippen LogP contribution < -0.4 is 4.74 Å². The molecule has 0 amide bonds. The second-order valence-electron chi connectivity index (χ2n) is 7.12. The largest absolute Gasteiger partial charge is 0.493 e. The number of ether oxygens (including phenoxy) is 1. The molecule has 0 radical (unpaired) electrons. The van der Waals surface area contributed by atoms with Gasteiger partial charge in [-0.1, -0.05) is 5.16 Å². The van der Waals surface area contributed by atoms with E-state index in [9.17, 15) is 5.11 Å². The standard InChI is InChI=1S/C17H21N3O3/c1-17(2,21)16-19-15(20-23-16)13-7-14(22-9-10-3-4-10)12(8-18-13)11-5-6-11/h7-8,10-11,21H,3-6,9H2,1-2H3. The monoisotopic (exact) mass is 315 g/mol. The first-order valence-corrected chi connectivity index (χ1v) is 8.20. The normalized spacial score (nSPS) is 18.2. The van der Waals surface area contributed by atoms with Gasteiger partial charge in [-0.2, -0.15) is 4.98 Å². The molecule has 2 aliphatic rings. The van der Waals surface area contributed by atoms with E-state index in [4.69, 9.17) is 9.26 Å². The first-order valence-electron chi connectivity index (χ1n) is 8.20. The van der Waals surface area contributed by atoms with Crippen LogP contribution in [0.5, 0.6) is 5.75 Å². The van der Waals surface area contributed by atoms with E-state index in [0.717, 1.165) is 12.4 Å². The van der Waals surface area contributed by atoms with Gasteiger partial charge in [-0.15, -0.1) is 0 Å². The van der Waals surface area contributed by atoms with E-state index in [-0.39, 0.29) is 5.89 Å². The minimum atomic E-state index is -1.16. The van der Waals surface area contributed by atoms with Crippen molar-refractivity contribution in [2.75, 3.05) is 6.61 Å². The van der Waals surface area contributed by atoms with Crippen LogP contribution in [0.25, 0.3) is 11.5 Å². The van der Waals surface area contributed by atoms with Crippen molar-refractivity contribution in [2.24, 2.45) is 5.92 Å². The van der Waals surface area contributed by atoms with Gasteiger partial charge in [-0.3, -0.25) is 4.98 Å². The van der Waals surface area contributed by atoms with Gasteiger partial charge in [-0.05, 0) is 51.4 Å². The van der Waals surface area contributed by atoms with Gasteiger partial charge in [-0.25, -0.2) is 0 Å². The molecule has 2 fully saturated rings. The van der Waals surface area contributed by atoms with Gasteiger partial charge in [0, 0.05) is 17.8 Å². The molecule has 0 spiro atoms. The van der Waals surface area contributed by atoms with Crippen molar-refractivity contribution in [3.8, 4) is 17.3 Å². The molecule has 23 heavy (non-hydrogen) atoms. The van der Waals surface area contributed by atoms with E-state index in [2.05, 4.69) is 15.1 Å². The molecule has 6 heteroatoms. The first-order chi connectivity index (χ1) is 11.0. The molecule has 0 atom stereocenters. The Morgan fingerprint density at radius 3 is 2.70 bits per heavy atom. The van der Waals surface area contributed by atoms with Crippen molar-refractivity contribution >= 4 is 0 Å². The molecular weight excluding hydrogens is 294 g/mol. The molecule has 0 bridgehead atoms. The SMILES string of the molecule is CC(C)(O)c1nc(-c2cc(OCC3CC3)c(C3CC3)cn2)no1. The quantitative estimate of drug-likeness (QED) is 0.882. The summed E-state index contributed by atoms with van der Waals surface area (Å²) in [7, 11) is 0. The van der Waals surface area contributed by atoms with Crippen molar-refractivity contribution in [3.63, 3.8) is 0 Å². The summed E-state index contributed by atoms with van der Waals surface area (Å²) in [5.74, 6) is 2.72. The lowest BCUT2D eigenvalue weighted by Gasteiger charge is -2.11. The maximum atomic E-state index is 9.94. The maximum Gasteiger partial charge on any atom is 0.258 e. The summed E-state index contributed by atoms with van der Waals surface area (Å²) in [6.07, 6.45) is 6.79. The molecule has 1 N–H and O–H groups in total. The summed E-state index contributed by atoms with van der Waals surface area (Å²) in [4.78, 5) is 8.71. The summed E-state index contributed by atoms with van der Waals surface area (Å²) in [6.45, 7) is 3.99. The molecule has 0 saturated heterocycles. The zero-order valence-corrected chi connectivity index (χ0v) is 13.5. The maximum absolute atomic E-state index is 9.94. The summed E-state index contributed by atoms with van der Waals surface area (Å²) < 4.78 is 11.2. The Bertz CT molecular complexity index is 712. The van der Waals surface area contributed by atoms with E-state index in [1.54, 1.807) is 13.8 Å². The molecule has 2 aromatic rings. The summed E-state index contributed by atoms with van der Waals surface area (Å²) >= 11 is 0. The Hall–Kier alpha value is -1.95. The number of hydrogen-bond donors (Lipinski definition) is 1. The average molecular weight is 315 g/mol.